The highest BCUT2D eigenvalue weighted by atomic mass is 19.4. The van der Waals surface area contributed by atoms with Crippen LogP contribution >= 0.6 is 0 Å². The maximum atomic E-state index is 13.5. The number of benzene rings is 2. The molecule has 0 spiro atoms. The smallest absolute Gasteiger partial charge is 0.349 e. The van der Waals surface area contributed by atoms with E-state index in [4.69, 9.17) is 0 Å². The second kappa shape index (κ2) is 9.36. The van der Waals surface area contributed by atoms with Crippen molar-refractivity contribution in [3.8, 4) is 5.69 Å². The SMILES string of the molecule is Cc1cc(=O)c(C(=O)N(C)Cc2ccc(C(=O)NC3CC3)cc2)nn1-c1ccccc1C(F)(F)F. The quantitative estimate of drug-likeness (QED) is 0.578. The van der Waals surface area contributed by atoms with Crippen LogP contribution in [0.1, 0.15) is 50.5 Å². The highest BCUT2D eigenvalue weighted by Gasteiger charge is 2.34. The van der Waals surface area contributed by atoms with E-state index in [1.807, 2.05) is 0 Å². The monoisotopic (exact) mass is 484 g/mol. The molecule has 1 saturated carbocycles. The van der Waals surface area contributed by atoms with Crippen molar-refractivity contribution in [1.82, 2.24) is 20.0 Å². The minimum Gasteiger partial charge on any atom is -0.349 e. The summed E-state index contributed by atoms with van der Waals surface area (Å²) >= 11 is 0. The van der Waals surface area contributed by atoms with E-state index in [0.717, 1.165) is 29.7 Å². The molecular weight excluding hydrogens is 461 g/mol. The van der Waals surface area contributed by atoms with Crippen molar-refractivity contribution in [3.63, 3.8) is 0 Å². The lowest BCUT2D eigenvalue weighted by Crippen LogP contribution is -2.33. The summed E-state index contributed by atoms with van der Waals surface area (Å²) in [6.07, 6.45) is -2.68. The van der Waals surface area contributed by atoms with Crippen molar-refractivity contribution in [3.05, 3.63) is 92.9 Å². The Labute approximate surface area is 199 Å². The first-order chi connectivity index (χ1) is 16.5. The molecule has 0 unspecified atom stereocenters. The van der Waals surface area contributed by atoms with Crippen molar-refractivity contribution < 1.29 is 22.8 Å². The van der Waals surface area contributed by atoms with Gasteiger partial charge in [0.1, 0.15) is 0 Å². The van der Waals surface area contributed by atoms with Gasteiger partial charge in [0, 0.05) is 37.0 Å². The van der Waals surface area contributed by atoms with Crippen molar-refractivity contribution in [2.75, 3.05) is 7.05 Å². The number of alkyl halides is 3. The second-order valence-corrected chi connectivity index (χ2v) is 8.53. The number of para-hydroxylation sites is 1. The fraction of sp³-hybridized carbons (Fsp3) is 0.280. The van der Waals surface area contributed by atoms with Crippen LogP contribution in [-0.4, -0.2) is 39.6 Å². The molecule has 0 radical (unpaired) electrons. The fourth-order valence-corrected chi connectivity index (χ4v) is 3.62. The maximum Gasteiger partial charge on any atom is 0.418 e. The average Bonchev–Trinajstić information content (AvgIpc) is 3.62. The molecule has 3 aromatic rings. The number of hydrogen-bond donors (Lipinski definition) is 1. The molecule has 2 aromatic carbocycles. The zero-order chi connectivity index (χ0) is 25.3. The van der Waals surface area contributed by atoms with E-state index in [1.54, 1.807) is 24.3 Å². The molecule has 1 heterocycles. The lowest BCUT2D eigenvalue weighted by molar-refractivity contribution is -0.137. The Morgan fingerprint density at radius 3 is 2.40 bits per heavy atom. The zero-order valence-electron chi connectivity index (χ0n) is 19.1. The second-order valence-electron chi connectivity index (χ2n) is 8.53. The van der Waals surface area contributed by atoms with Crippen molar-refractivity contribution in [1.29, 1.82) is 0 Å². The molecule has 0 saturated heterocycles. The van der Waals surface area contributed by atoms with Crippen LogP contribution in [0.25, 0.3) is 5.69 Å². The topological polar surface area (TPSA) is 84.3 Å². The molecule has 1 N–H and O–H groups in total. The first-order valence-electron chi connectivity index (χ1n) is 11.0. The fourth-order valence-electron chi connectivity index (χ4n) is 3.62. The molecular formula is C25H23F3N4O3. The molecule has 182 valence electrons. The van der Waals surface area contributed by atoms with Crippen molar-refractivity contribution in [2.24, 2.45) is 0 Å². The summed E-state index contributed by atoms with van der Waals surface area (Å²) in [5.74, 6) is -0.893. The largest absolute Gasteiger partial charge is 0.418 e. The third-order valence-corrected chi connectivity index (χ3v) is 5.64. The normalized spacial score (nSPS) is 13.4. The van der Waals surface area contributed by atoms with Gasteiger partial charge in [-0.3, -0.25) is 14.4 Å². The molecule has 1 aliphatic carbocycles. The van der Waals surface area contributed by atoms with E-state index >= 15 is 0 Å². The number of halogens is 3. The van der Waals surface area contributed by atoms with E-state index in [-0.39, 0.29) is 29.9 Å². The van der Waals surface area contributed by atoms with Crippen LogP contribution in [0.4, 0.5) is 13.2 Å². The molecule has 4 rings (SSSR count). The van der Waals surface area contributed by atoms with Crippen molar-refractivity contribution >= 4 is 11.8 Å². The summed E-state index contributed by atoms with van der Waals surface area (Å²) in [5.41, 5.74) is -1.03. The standard InChI is InChI=1S/C25H23F3N4O3/c1-15-13-21(33)22(30-32(15)20-6-4-3-5-19(20)25(26,27)28)24(35)31(2)14-16-7-9-17(10-8-16)23(34)29-18-11-12-18/h3-10,13,18H,11-12,14H2,1-2H3,(H,29,34). The Morgan fingerprint density at radius 1 is 1.11 bits per heavy atom. The Hall–Kier alpha value is -3.95. The van der Waals surface area contributed by atoms with Crippen LogP contribution in [0.3, 0.4) is 0 Å². The number of aromatic nitrogens is 2. The summed E-state index contributed by atoms with van der Waals surface area (Å²) in [6, 6.07) is 12.8. The molecule has 10 heteroatoms. The van der Waals surface area contributed by atoms with E-state index in [9.17, 15) is 27.6 Å². The van der Waals surface area contributed by atoms with Gasteiger partial charge < -0.3 is 10.2 Å². The van der Waals surface area contributed by atoms with E-state index < -0.39 is 28.8 Å². The minimum absolute atomic E-state index is 0.109. The van der Waals surface area contributed by atoms with Crippen LogP contribution in [0.5, 0.6) is 0 Å². The van der Waals surface area contributed by atoms with E-state index in [2.05, 4.69) is 10.4 Å². The number of carbonyl (C=O) groups excluding carboxylic acids is 2. The Morgan fingerprint density at radius 2 is 1.77 bits per heavy atom. The summed E-state index contributed by atoms with van der Waals surface area (Å²) in [6.45, 7) is 1.55. The molecule has 0 bridgehead atoms. The van der Waals surface area contributed by atoms with Crippen LogP contribution in [0, 0.1) is 6.92 Å². The lowest BCUT2D eigenvalue weighted by Gasteiger charge is -2.19. The number of aryl methyl sites for hydroxylation is 1. The Kier molecular flexibility index (Phi) is 6.47. The third kappa shape index (κ3) is 5.42. The van der Waals surface area contributed by atoms with Crippen LogP contribution < -0.4 is 10.7 Å². The van der Waals surface area contributed by atoms with E-state index in [0.29, 0.717) is 11.1 Å². The molecule has 0 aliphatic heterocycles. The highest BCUT2D eigenvalue weighted by Crippen LogP contribution is 2.33. The third-order valence-electron chi connectivity index (χ3n) is 5.64. The summed E-state index contributed by atoms with van der Waals surface area (Å²) in [7, 11) is 1.46. The molecule has 1 fully saturated rings. The van der Waals surface area contributed by atoms with Gasteiger partial charge in [-0.05, 0) is 49.6 Å². The first kappa shape index (κ1) is 24.2. The van der Waals surface area contributed by atoms with Crippen LogP contribution in [0.2, 0.25) is 0 Å². The number of nitrogens with one attached hydrogen (secondary N) is 1. The minimum atomic E-state index is -4.64. The van der Waals surface area contributed by atoms with Crippen molar-refractivity contribution in [2.45, 2.75) is 38.5 Å². The van der Waals surface area contributed by atoms with Gasteiger partial charge in [-0.2, -0.15) is 18.3 Å². The number of rotatable bonds is 6. The number of hydrogen-bond acceptors (Lipinski definition) is 4. The van der Waals surface area contributed by atoms with Crippen LogP contribution in [0.15, 0.2) is 59.4 Å². The lowest BCUT2D eigenvalue weighted by atomic mass is 10.1. The highest BCUT2D eigenvalue weighted by molar-refractivity contribution is 5.94. The molecule has 2 amide bonds. The van der Waals surface area contributed by atoms with E-state index in [1.165, 1.54) is 37.1 Å². The zero-order valence-corrected chi connectivity index (χ0v) is 19.1. The molecule has 35 heavy (non-hydrogen) atoms. The van der Waals surface area contributed by atoms with Gasteiger partial charge in [-0.1, -0.05) is 24.3 Å². The summed E-state index contributed by atoms with van der Waals surface area (Å²) in [5, 5.41) is 6.90. The predicted octanol–water partition coefficient (Wildman–Crippen LogP) is 3.72. The Balaban J connectivity index is 1.57. The molecule has 1 aromatic heterocycles. The van der Waals surface area contributed by atoms with Gasteiger partial charge >= 0.3 is 6.18 Å². The predicted molar refractivity (Wildman–Crippen MR) is 122 cm³/mol. The maximum absolute atomic E-state index is 13.5. The van der Waals surface area contributed by atoms with Gasteiger partial charge in [0.2, 0.25) is 5.43 Å². The number of carbonyl (C=O) groups is 2. The first-order valence-corrected chi connectivity index (χ1v) is 11.0. The average molecular weight is 484 g/mol. The van der Waals surface area contributed by atoms with Gasteiger partial charge in [-0.15, -0.1) is 0 Å². The summed E-state index contributed by atoms with van der Waals surface area (Å²) < 4.78 is 41.5. The molecule has 1 aliphatic rings. The van der Waals surface area contributed by atoms with Crippen LogP contribution in [-0.2, 0) is 12.7 Å². The van der Waals surface area contributed by atoms with Gasteiger partial charge in [0.25, 0.3) is 11.8 Å². The summed E-state index contributed by atoms with van der Waals surface area (Å²) in [4.78, 5) is 38.9. The van der Waals surface area contributed by atoms with Gasteiger partial charge in [0.05, 0.1) is 11.3 Å². The van der Waals surface area contributed by atoms with Gasteiger partial charge in [0.15, 0.2) is 5.69 Å². The Bertz CT molecular complexity index is 1330. The van der Waals surface area contributed by atoms with Gasteiger partial charge in [-0.25, -0.2) is 4.68 Å². The number of nitrogens with zero attached hydrogens (tertiary/aromatic N) is 3. The number of amides is 2. The molecule has 0 atom stereocenters. The molecule has 7 nitrogen and oxygen atoms in total.